The lowest BCUT2D eigenvalue weighted by atomic mass is 9.95. The number of nitrogens with zero attached hydrogens (tertiary/aromatic N) is 5. The predicted molar refractivity (Wildman–Crippen MR) is 161 cm³/mol. The van der Waals surface area contributed by atoms with Crippen LogP contribution in [-0.4, -0.2) is 58.2 Å². The van der Waals surface area contributed by atoms with E-state index in [1.807, 2.05) is 31.2 Å². The van der Waals surface area contributed by atoms with Gasteiger partial charge in [0.15, 0.2) is 5.82 Å². The molecule has 6 nitrogen and oxygen atoms in total. The number of ether oxygens (including phenoxy) is 1. The van der Waals surface area contributed by atoms with Crippen molar-refractivity contribution in [3.8, 4) is 17.3 Å². The van der Waals surface area contributed by atoms with Crippen molar-refractivity contribution < 1.29 is 9.13 Å². The summed E-state index contributed by atoms with van der Waals surface area (Å²) in [5.74, 6) is 1.61. The molecule has 3 aliphatic heterocycles. The highest BCUT2D eigenvalue weighted by atomic mass is 35.5. The van der Waals surface area contributed by atoms with Crippen LogP contribution in [0, 0.1) is 24.6 Å². The Balaban J connectivity index is 1.26. The molecule has 1 saturated carbocycles. The van der Waals surface area contributed by atoms with Crippen molar-refractivity contribution in [2.24, 2.45) is 11.8 Å². The normalized spacial score (nSPS) is 23.5. The molecule has 0 N–H and O–H groups in total. The maximum Gasteiger partial charge on any atom is 0.319 e. The highest BCUT2D eigenvalue weighted by molar-refractivity contribution is 6.36. The van der Waals surface area contributed by atoms with Crippen LogP contribution in [0.1, 0.15) is 50.5 Å². The van der Waals surface area contributed by atoms with Crippen molar-refractivity contribution in [1.29, 1.82) is 0 Å². The number of piperidine rings is 1. The second-order valence-electron chi connectivity index (χ2n) is 12.8. The van der Waals surface area contributed by atoms with Crippen LogP contribution in [0.25, 0.3) is 32.9 Å². The molecule has 0 amide bonds. The molecular weight excluding hydrogens is 537 g/mol. The topological polar surface area (TPSA) is 54.4 Å². The first-order valence-corrected chi connectivity index (χ1v) is 15.5. The molecule has 2 aromatic carbocycles. The lowest BCUT2D eigenvalue weighted by Gasteiger charge is -2.34. The molecule has 5 heterocycles. The molecular formula is C33H35ClFN5O. The van der Waals surface area contributed by atoms with Crippen LogP contribution in [-0.2, 0) is 0 Å². The molecule has 1 aliphatic carbocycles. The van der Waals surface area contributed by atoms with Gasteiger partial charge in [0.1, 0.15) is 23.6 Å². The van der Waals surface area contributed by atoms with Crippen molar-refractivity contribution in [2.45, 2.75) is 57.4 Å². The summed E-state index contributed by atoms with van der Waals surface area (Å²) in [7, 11) is 0. The van der Waals surface area contributed by atoms with Gasteiger partial charge in [0.2, 0.25) is 0 Å². The van der Waals surface area contributed by atoms with Crippen LogP contribution in [0.4, 0.5) is 10.2 Å². The number of hydrogen-bond acceptors (Lipinski definition) is 6. The van der Waals surface area contributed by atoms with E-state index in [1.165, 1.54) is 32.1 Å². The average Bonchev–Trinajstić information content (AvgIpc) is 3.65. The monoisotopic (exact) mass is 571 g/mol. The number of halogens is 2. The van der Waals surface area contributed by atoms with E-state index in [0.29, 0.717) is 34.4 Å². The number of aromatic nitrogens is 3. The van der Waals surface area contributed by atoms with Gasteiger partial charge in [0, 0.05) is 35.3 Å². The Morgan fingerprint density at radius 3 is 2.63 bits per heavy atom. The average molecular weight is 572 g/mol. The molecule has 2 unspecified atom stereocenters. The van der Waals surface area contributed by atoms with E-state index in [1.54, 1.807) is 6.20 Å². The first-order valence-electron chi connectivity index (χ1n) is 15.2. The van der Waals surface area contributed by atoms with Crippen molar-refractivity contribution in [3.05, 3.63) is 52.9 Å². The van der Waals surface area contributed by atoms with Crippen molar-refractivity contribution in [2.75, 3.05) is 37.7 Å². The third kappa shape index (κ3) is 4.26. The first-order chi connectivity index (χ1) is 20.0. The molecule has 4 fully saturated rings. The Morgan fingerprint density at radius 2 is 1.85 bits per heavy atom. The number of benzene rings is 2. The maximum absolute atomic E-state index is 16.7. The Kier molecular flexibility index (Phi) is 6.12. The molecule has 0 radical (unpaired) electrons. The molecule has 8 heteroatoms. The van der Waals surface area contributed by atoms with Crippen LogP contribution in [0.5, 0.6) is 6.01 Å². The Bertz CT molecular complexity index is 1660. The highest BCUT2D eigenvalue weighted by Gasteiger charge is 2.45. The highest BCUT2D eigenvalue weighted by Crippen LogP contribution is 2.43. The SMILES string of the molecule is Cc1cc(-c2ncc3c(N4CC5CCC(C5)C4)nc(OCC45CCCN4CCC5)nc3c2F)c2c(Cl)cccc2c1. The van der Waals surface area contributed by atoms with Gasteiger partial charge < -0.3 is 9.64 Å². The minimum atomic E-state index is -0.454. The van der Waals surface area contributed by atoms with E-state index >= 15 is 4.39 Å². The van der Waals surface area contributed by atoms with E-state index < -0.39 is 5.82 Å². The maximum atomic E-state index is 16.7. The molecule has 3 saturated heterocycles. The summed E-state index contributed by atoms with van der Waals surface area (Å²) in [5, 5.41) is 2.98. The Morgan fingerprint density at radius 1 is 1.07 bits per heavy atom. The fraction of sp³-hybridized carbons (Fsp3) is 0.485. The number of anilines is 1. The summed E-state index contributed by atoms with van der Waals surface area (Å²) in [6.07, 6.45) is 10.2. The van der Waals surface area contributed by atoms with Crippen LogP contribution in [0.2, 0.25) is 5.02 Å². The second kappa shape index (κ2) is 9.77. The smallest absolute Gasteiger partial charge is 0.319 e. The largest absolute Gasteiger partial charge is 0.461 e. The van der Waals surface area contributed by atoms with E-state index in [9.17, 15) is 0 Å². The first kappa shape index (κ1) is 25.7. The van der Waals surface area contributed by atoms with Gasteiger partial charge in [0.25, 0.3) is 0 Å². The zero-order valence-corrected chi connectivity index (χ0v) is 24.3. The summed E-state index contributed by atoms with van der Waals surface area (Å²) >= 11 is 6.66. The minimum absolute atomic E-state index is 0.0574. The molecule has 2 atom stereocenters. The number of rotatable bonds is 5. The Hall–Kier alpha value is -3.03. The summed E-state index contributed by atoms with van der Waals surface area (Å²) in [6, 6.07) is 10.1. The van der Waals surface area contributed by atoms with Gasteiger partial charge in [-0.05, 0) is 99.9 Å². The molecule has 2 aromatic heterocycles. The Labute approximate surface area is 244 Å². The number of pyridine rings is 1. The summed E-state index contributed by atoms with van der Waals surface area (Å²) < 4.78 is 23.1. The zero-order valence-electron chi connectivity index (χ0n) is 23.5. The van der Waals surface area contributed by atoms with Gasteiger partial charge in [-0.25, -0.2) is 4.39 Å². The predicted octanol–water partition coefficient (Wildman–Crippen LogP) is 7.19. The van der Waals surface area contributed by atoms with Crippen molar-refractivity contribution in [3.63, 3.8) is 0 Å². The zero-order chi connectivity index (χ0) is 27.7. The summed E-state index contributed by atoms with van der Waals surface area (Å²) in [5.41, 5.74) is 2.27. The van der Waals surface area contributed by atoms with Crippen LogP contribution in [0.3, 0.4) is 0 Å². The number of hydrogen-bond donors (Lipinski definition) is 0. The molecule has 212 valence electrons. The fourth-order valence-electron chi connectivity index (χ4n) is 8.27. The molecule has 41 heavy (non-hydrogen) atoms. The van der Waals surface area contributed by atoms with Gasteiger partial charge >= 0.3 is 6.01 Å². The lowest BCUT2D eigenvalue weighted by Crippen LogP contribution is -2.43. The third-order valence-electron chi connectivity index (χ3n) is 10.2. The van der Waals surface area contributed by atoms with Crippen LogP contribution in [0.15, 0.2) is 36.5 Å². The molecule has 0 spiro atoms. The van der Waals surface area contributed by atoms with Gasteiger partial charge in [-0.15, -0.1) is 0 Å². The minimum Gasteiger partial charge on any atom is -0.461 e. The fourth-order valence-corrected chi connectivity index (χ4v) is 8.56. The quantitative estimate of drug-likeness (QED) is 0.253. The van der Waals surface area contributed by atoms with E-state index in [4.69, 9.17) is 31.3 Å². The van der Waals surface area contributed by atoms with Gasteiger partial charge in [-0.2, -0.15) is 9.97 Å². The molecule has 4 aliphatic rings. The lowest BCUT2D eigenvalue weighted by molar-refractivity contribution is 0.108. The van der Waals surface area contributed by atoms with Crippen molar-refractivity contribution in [1.82, 2.24) is 19.9 Å². The summed E-state index contributed by atoms with van der Waals surface area (Å²) in [6.45, 7) is 6.67. The van der Waals surface area contributed by atoms with E-state index in [0.717, 1.165) is 61.2 Å². The van der Waals surface area contributed by atoms with Crippen LogP contribution >= 0.6 is 11.6 Å². The van der Waals surface area contributed by atoms with Gasteiger partial charge in [-0.3, -0.25) is 9.88 Å². The van der Waals surface area contributed by atoms with Gasteiger partial charge in [0.05, 0.1) is 10.9 Å². The summed E-state index contributed by atoms with van der Waals surface area (Å²) in [4.78, 5) is 19.3. The second-order valence-corrected chi connectivity index (χ2v) is 13.2. The van der Waals surface area contributed by atoms with E-state index in [-0.39, 0.29) is 22.8 Å². The third-order valence-corrected chi connectivity index (χ3v) is 10.5. The number of aryl methyl sites for hydroxylation is 1. The van der Waals surface area contributed by atoms with Gasteiger partial charge in [-0.1, -0.05) is 29.8 Å². The van der Waals surface area contributed by atoms with E-state index in [2.05, 4.69) is 15.9 Å². The molecule has 4 aromatic rings. The molecule has 2 bridgehead atoms. The molecule has 8 rings (SSSR count). The number of fused-ring (bicyclic) bond motifs is 5. The van der Waals surface area contributed by atoms with Crippen LogP contribution < -0.4 is 9.64 Å². The standard InChI is InChI=1S/C33H35ClFN5O/c1-20-13-23-5-2-6-26(34)27(23)24(14-20)29-28(35)30-25(16-36-29)31(39-17-21-7-8-22(15-21)18-39)38-32(37-30)41-19-33-9-3-11-40(33)12-4-10-33/h2,5-6,13-14,16,21-22H,3-4,7-12,15,17-19H2,1H3. The van der Waals surface area contributed by atoms with Crippen molar-refractivity contribution >= 4 is 39.1 Å².